The summed E-state index contributed by atoms with van der Waals surface area (Å²) in [6.07, 6.45) is 0.883. The monoisotopic (exact) mass is 360 g/mol. The topological polar surface area (TPSA) is 63.6 Å². The summed E-state index contributed by atoms with van der Waals surface area (Å²) >= 11 is 0. The van der Waals surface area contributed by atoms with Crippen molar-refractivity contribution >= 4 is 16.6 Å². The Balaban J connectivity index is 1.94. The summed E-state index contributed by atoms with van der Waals surface area (Å²) in [5.41, 5.74) is 0.852. The van der Waals surface area contributed by atoms with E-state index in [9.17, 15) is 13.9 Å². The normalized spacial score (nSPS) is 12.0. The first-order valence-electron chi connectivity index (χ1n) is 8.02. The minimum atomic E-state index is -0.809. The van der Waals surface area contributed by atoms with Crippen molar-refractivity contribution < 1.29 is 23.4 Å². The maximum atomic E-state index is 14.2. The van der Waals surface area contributed by atoms with Gasteiger partial charge in [0.1, 0.15) is 18.1 Å². The Kier molecular flexibility index (Phi) is 5.18. The molecule has 7 heteroatoms. The molecule has 1 unspecified atom stereocenters. The van der Waals surface area contributed by atoms with E-state index in [1.807, 2.05) is 0 Å². The van der Waals surface area contributed by atoms with Crippen molar-refractivity contribution in [2.75, 3.05) is 19.0 Å². The van der Waals surface area contributed by atoms with E-state index >= 15 is 0 Å². The first kappa shape index (κ1) is 17.9. The molecule has 3 rings (SSSR count). The second-order valence-electron chi connectivity index (χ2n) is 5.77. The van der Waals surface area contributed by atoms with E-state index < -0.39 is 23.5 Å². The molecule has 0 radical (unpaired) electrons. The van der Waals surface area contributed by atoms with Crippen LogP contribution in [0.15, 0.2) is 42.6 Å². The van der Waals surface area contributed by atoms with E-state index in [0.29, 0.717) is 22.3 Å². The van der Waals surface area contributed by atoms with E-state index in [4.69, 9.17) is 9.47 Å². The van der Waals surface area contributed by atoms with Gasteiger partial charge >= 0.3 is 0 Å². The molecule has 0 fully saturated rings. The van der Waals surface area contributed by atoms with E-state index in [2.05, 4.69) is 10.3 Å². The van der Waals surface area contributed by atoms with Gasteiger partial charge in [0.05, 0.1) is 11.6 Å². The lowest BCUT2D eigenvalue weighted by Crippen LogP contribution is -2.12. The minimum Gasteiger partial charge on any atom is -0.491 e. The van der Waals surface area contributed by atoms with Crippen LogP contribution < -0.4 is 14.8 Å². The number of hydrogen-bond acceptors (Lipinski definition) is 5. The zero-order valence-electron chi connectivity index (χ0n) is 14.3. The number of aliphatic hydroxyl groups is 1. The fourth-order valence-electron chi connectivity index (χ4n) is 2.41. The molecule has 5 nitrogen and oxygen atoms in total. The Hall–Kier alpha value is -2.93. The predicted octanol–water partition coefficient (Wildman–Crippen LogP) is 4.11. The van der Waals surface area contributed by atoms with Crippen molar-refractivity contribution in [1.29, 1.82) is 0 Å². The first-order chi connectivity index (χ1) is 12.5. The average molecular weight is 360 g/mol. The van der Waals surface area contributed by atoms with Crippen molar-refractivity contribution in [2.24, 2.45) is 0 Å². The summed E-state index contributed by atoms with van der Waals surface area (Å²) < 4.78 is 39.3. The summed E-state index contributed by atoms with van der Waals surface area (Å²) in [5.74, 6) is -1.30. The second kappa shape index (κ2) is 7.53. The molecule has 1 heterocycles. The second-order valence-corrected chi connectivity index (χ2v) is 5.77. The number of hydrogen-bond donors (Lipinski definition) is 2. The van der Waals surface area contributed by atoms with Gasteiger partial charge in [-0.15, -0.1) is 0 Å². The fourth-order valence-corrected chi connectivity index (χ4v) is 2.41. The predicted molar refractivity (Wildman–Crippen MR) is 94.9 cm³/mol. The quantitative estimate of drug-likeness (QED) is 0.693. The Morgan fingerprint density at radius 3 is 2.54 bits per heavy atom. The molecule has 0 aliphatic heterocycles. The van der Waals surface area contributed by atoms with Crippen LogP contribution in [0, 0.1) is 11.6 Å². The van der Waals surface area contributed by atoms with Crippen LogP contribution in [-0.4, -0.2) is 29.8 Å². The number of aliphatic hydroxyl groups excluding tert-OH is 1. The summed E-state index contributed by atoms with van der Waals surface area (Å²) in [6.45, 7) is 1.77. The van der Waals surface area contributed by atoms with Gasteiger partial charge in [-0.3, -0.25) is 4.98 Å². The molecule has 0 spiro atoms. The number of benzene rings is 2. The van der Waals surface area contributed by atoms with Crippen LogP contribution in [-0.2, 0) is 0 Å². The molecule has 26 heavy (non-hydrogen) atoms. The number of aromatic nitrogens is 1. The highest BCUT2D eigenvalue weighted by Crippen LogP contribution is 2.34. The van der Waals surface area contributed by atoms with Crippen LogP contribution in [0.4, 0.5) is 14.5 Å². The highest BCUT2D eigenvalue weighted by atomic mass is 19.1. The lowest BCUT2D eigenvalue weighted by Gasteiger charge is -2.13. The van der Waals surface area contributed by atoms with E-state index in [1.54, 1.807) is 32.2 Å². The summed E-state index contributed by atoms with van der Waals surface area (Å²) in [6, 6.07) is 8.88. The molecule has 2 N–H and O–H groups in total. The number of anilines is 1. The fraction of sp³-hybridized carbons (Fsp3) is 0.211. The van der Waals surface area contributed by atoms with Gasteiger partial charge in [-0.05, 0) is 25.1 Å². The third kappa shape index (κ3) is 3.83. The maximum absolute atomic E-state index is 14.2. The number of nitrogens with one attached hydrogen (secondary N) is 1. The SMILES string of the molecule is CNc1cc(F)c(Oc2ccnc3cc(OCC(C)O)ccc23)c(F)c1. The highest BCUT2D eigenvalue weighted by molar-refractivity contribution is 5.86. The zero-order chi connectivity index (χ0) is 18.7. The molecule has 0 saturated carbocycles. The average Bonchev–Trinajstić information content (AvgIpc) is 2.62. The van der Waals surface area contributed by atoms with E-state index in [-0.39, 0.29) is 12.4 Å². The van der Waals surface area contributed by atoms with Gasteiger partial charge in [-0.2, -0.15) is 0 Å². The standard InChI is InChI=1S/C19H18F2N2O3/c1-11(24)10-25-13-3-4-14-17(9-13)23-6-5-18(14)26-19-15(20)7-12(22-2)8-16(19)21/h3-9,11,22,24H,10H2,1-2H3. The smallest absolute Gasteiger partial charge is 0.198 e. The van der Waals surface area contributed by atoms with Gasteiger partial charge in [-0.1, -0.05) is 0 Å². The molecule has 2 aromatic carbocycles. The summed E-state index contributed by atoms with van der Waals surface area (Å²) in [7, 11) is 1.57. The van der Waals surface area contributed by atoms with Crippen molar-refractivity contribution in [3.05, 3.63) is 54.2 Å². The van der Waals surface area contributed by atoms with Crippen LogP contribution in [0.25, 0.3) is 10.9 Å². The van der Waals surface area contributed by atoms with E-state index in [0.717, 1.165) is 12.1 Å². The van der Waals surface area contributed by atoms with Crippen LogP contribution in [0.1, 0.15) is 6.92 Å². The lowest BCUT2D eigenvalue weighted by atomic mass is 10.2. The number of nitrogens with zero attached hydrogens (tertiary/aromatic N) is 1. The Bertz CT molecular complexity index is 909. The van der Waals surface area contributed by atoms with Crippen molar-refractivity contribution in [3.8, 4) is 17.2 Å². The van der Waals surface area contributed by atoms with Gasteiger partial charge < -0.3 is 19.9 Å². The molecule has 1 atom stereocenters. The lowest BCUT2D eigenvalue weighted by molar-refractivity contribution is 0.123. The Morgan fingerprint density at radius 1 is 1.15 bits per heavy atom. The van der Waals surface area contributed by atoms with E-state index in [1.165, 1.54) is 12.3 Å². The van der Waals surface area contributed by atoms with Gasteiger partial charge in [0.15, 0.2) is 17.4 Å². The minimum absolute atomic E-state index is 0.149. The molecule has 3 aromatic rings. The highest BCUT2D eigenvalue weighted by Gasteiger charge is 2.15. The molecule has 1 aromatic heterocycles. The first-order valence-corrected chi connectivity index (χ1v) is 8.02. The largest absolute Gasteiger partial charge is 0.491 e. The summed E-state index contributed by atoms with van der Waals surface area (Å²) in [5, 5.41) is 12.5. The summed E-state index contributed by atoms with van der Waals surface area (Å²) in [4.78, 5) is 4.22. The van der Waals surface area contributed by atoms with Gasteiger partial charge in [-0.25, -0.2) is 8.78 Å². The third-order valence-electron chi connectivity index (χ3n) is 3.66. The van der Waals surface area contributed by atoms with Crippen LogP contribution in [0.3, 0.4) is 0 Å². The Labute approximate surface area is 149 Å². The van der Waals surface area contributed by atoms with Gasteiger partial charge in [0.25, 0.3) is 0 Å². The van der Waals surface area contributed by atoms with Crippen LogP contribution in [0.5, 0.6) is 17.2 Å². The van der Waals surface area contributed by atoms with Crippen molar-refractivity contribution in [3.63, 3.8) is 0 Å². The van der Waals surface area contributed by atoms with Crippen LogP contribution in [0.2, 0.25) is 0 Å². The number of ether oxygens (including phenoxy) is 2. The number of fused-ring (bicyclic) bond motifs is 1. The molecule has 0 bridgehead atoms. The molecule has 0 saturated heterocycles. The van der Waals surface area contributed by atoms with Crippen molar-refractivity contribution in [2.45, 2.75) is 13.0 Å². The van der Waals surface area contributed by atoms with Crippen LogP contribution >= 0.6 is 0 Å². The Morgan fingerprint density at radius 2 is 1.88 bits per heavy atom. The molecule has 0 amide bonds. The van der Waals surface area contributed by atoms with Crippen molar-refractivity contribution in [1.82, 2.24) is 4.98 Å². The molecular formula is C19H18F2N2O3. The molecule has 0 aliphatic rings. The number of pyridine rings is 1. The van der Waals surface area contributed by atoms with Gasteiger partial charge in [0.2, 0.25) is 0 Å². The molecule has 0 aliphatic carbocycles. The van der Waals surface area contributed by atoms with Gasteiger partial charge in [0, 0.05) is 42.5 Å². The number of rotatable bonds is 6. The molecular weight excluding hydrogens is 342 g/mol. The zero-order valence-corrected chi connectivity index (χ0v) is 14.3. The third-order valence-corrected chi connectivity index (χ3v) is 3.66. The number of halogens is 2. The molecule has 136 valence electrons. The maximum Gasteiger partial charge on any atom is 0.198 e.